The SMILES string of the molecule is COc1cc(C[NH2+]Cc2cccc(C)c2)cc(OC)c1. The highest BCUT2D eigenvalue weighted by Gasteiger charge is 2.04. The maximum Gasteiger partial charge on any atom is 0.123 e. The Bertz CT molecular complexity index is 544. The first kappa shape index (κ1) is 14.4. The van der Waals surface area contributed by atoms with Gasteiger partial charge in [-0.1, -0.05) is 29.8 Å². The molecule has 2 aromatic rings. The molecule has 3 nitrogen and oxygen atoms in total. The standard InChI is InChI=1S/C17H21NO2/c1-13-5-4-6-14(7-13)11-18-12-15-8-16(19-2)10-17(9-15)20-3/h4-10,18H,11-12H2,1-3H3/p+1. The van der Waals surface area contributed by atoms with Crippen LogP contribution in [0, 0.1) is 6.92 Å². The molecule has 3 heteroatoms. The zero-order chi connectivity index (χ0) is 14.4. The van der Waals surface area contributed by atoms with Crippen molar-refractivity contribution in [3.63, 3.8) is 0 Å². The monoisotopic (exact) mass is 272 g/mol. The van der Waals surface area contributed by atoms with Gasteiger partial charge in [0.25, 0.3) is 0 Å². The third-order valence-electron chi connectivity index (χ3n) is 3.25. The van der Waals surface area contributed by atoms with E-state index in [0.717, 1.165) is 24.6 Å². The molecule has 0 radical (unpaired) electrons. The number of methoxy groups -OCH3 is 2. The fourth-order valence-electron chi connectivity index (χ4n) is 2.23. The van der Waals surface area contributed by atoms with E-state index in [1.165, 1.54) is 16.7 Å². The molecule has 0 atom stereocenters. The summed E-state index contributed by atoms with van der Waals surface area (Å²) in [6.07, 6.45) is 0. The Morgan fingerprint density at radius 2 is 1.50 bits per heavy atom. The molecule has 0 fully saturated rings. The number of benzene rings is 2. The van der Waals surface area contributed by atoms with Crippen LogP contribution in [-0.4, -0.2) is 14.2 Å². The van der Waals surface area contributed by atoms with Gasteiger partial charge in [0.2, 0.25) is 0 Å². The van der Waals surface area contributed by atoms with Crippen LogP contribution >= 0.6 is 0 Å². The summed E-state index contributed by atoms with van der Waals surface area (Å²) in [7, 11) is 3.35. The summed E-state index contributed by atoms with van der Waals surface area (Å²) in [6, 6.07) is 14.6. The lowest BCUT2D eigenvalue weighted by molar-refractivity contribution is -0.686. The summed E-state index contributed by atoms with van der Waals surface area (Å²) in [5.41, 5.74) is 3.85. The quantitative estimate of drug-likeness (QED) is 0.875. The highest BCUT2D eigenvalue weighted by atomic mass is 16.5. The van der Waals surface area contributed by atoms with Crippen LogP contribution in [0.2, 0.25) is 0 Å². The average molecular weight is 272 g/mol. The minimum Gasteiger partial charge on any atom is -0.497 e. The zero-order valence-electron chi connectivity index (χ0n) is 12.3. The summed E-state index contributed by atoms with van der Waals surface area (Å²) in [4.78, 5) is 0. The van der Waals surface area contributed by atoms with Crippen molar-refractivity contribution < 1.29 is 14.8 Å². The van der Waals surface area contributed by atoms with Crippen LogP contribution in [0.5, 0.6) is 11.5 Å². The van der Waals surface area contributed by atoms with E-state index in [4.69, 9.17) is 9.47 Å². The molecular formula is C17H22NO2+. The van der Waals surface area contributed by atoms with E-state index < -0.39 is 0 Å². The van der Waals surface area contributed by atoms with E-state index in [0.29, 0.717) is 0 Å². The lowest BCUT2D eigenvalue weighted by Gasteiger charge is -2.08. The summed E-state index contributed by atoms with van der Waals surface area (Å²) < 4.78 is 10.6. The number of nitrogens with two attached hydrogens (primary N) is 1. The van der Waals surface area contributed by atoms with Gasteiger partial charge in [-0.3, -0.25) is 0 Å². The van der Waals surface area contributed by atoms with Gasteiger partial charge < -0.3 is 14.8 Å². The molecule has 0 aromatic heterocycles. The van der Waals surface area contributed by atoms with E-state index in [9.17, 15) is 0 Å². The topological polar surface area (TPSA) is 35.1 Å². The molecule has 20 heavy (non-hydrogen) atoms. The van der Waals surface area contributed by atoms with Crippen LogP contribution in [0.4, 0.5) is 0 Å². The van der Waals surface area contributed by atoms with Crippen LogP contribution in [0.3, 0.4) is 0 Å². The van der Waals surface area contributed by atoms with Crippen LogP contribution in [0.15, 0.2) is 42.5 Å². The first-order valence-electron chi connectivity index (χ1n) is 6.80. The molecule has 0 aliphatic rings. The Morgan fingerprint density at radius 1 is 0.850 bits per heavy atom. The van der Waals surface area contributed by atoms with E-state index >= 15 is 0 Å². The van der Waals surface area contributed by atoms with Gasteiger partial charge in [0.15, 0.2) is 0 Å². The average Bonchev–Trinajstić information content (AvgIpc) is 2.47. The first-order valence-corrected chi connectivity index (χ1v) is 6.80. The molecule has 0 aliphatic carbocycles. The van der Waals surface area contributed by atoms with Crippen molar-refractivity contribution in [2.45, 2.75) is 20.0 Å². The first-order chi connectivity index (χ1) is 9.71. The van der Waals surface area contributed by atoms with Crippen LogP contribution in [0.1, 0.15) is 16.7 Å². The summed E-state index contributed by atoms with van der Waals surface area (Å²) in [5.74, 6) is 1.67. The number of quaternary nitrogens is 1. The predicted molar refractivity (Wildman–Crippen MR) is 80.1 cm³/mol. The molecule has 0 heterocycles. The van der Waals surface area contributed by atoms with Gasteiger partial charge in [0.1, 0.15) is 24.6 Å². The lowest BCUT2D eigenvalue weighted by atomic mass is 10.1. The van der Waals surface area contributed by atoms with E-state index in [2.05, 4.69) is 48.6 Å². The molecule has 0 saturated carbocycles. The summed E-state index contributed by atoms with van der Waals surface area (Å²) >= 11 is 0. The highest BCUT2D eigenvalue weighted by molar-refractivity contribution is 5.38. The van der Waals surface area contributed by atoms with Crippen molar-refractivity contribution in [1.82, 2.24) is 0 Å². The molecule has 2 N–H and O–H groups in total. The predicted octanol–water partition coefficient (Wildman–Crippen LogP) is 2.28. The van der Waals surface area contributed by atoms with Gasteiger partial charge in [-0.25, -0.2) is 0 Å². The van der Waals surface area contributed by atoms with Crippen molar-refractivity contribution in [2.24, 2.45) is 0 Å². The third-order valence-corrected chi connectivity index (χ3v) is 3.25. The Balaban J connectivity index is 1.96. The van der Waals surface area contributed by atoms with Gasteiger partial charge >= 0.3 is 0 Å². The Morgan fingerprint density at radius 3 is 2.10 bits per heavy atom. The largest absolute Gasteiger partial charge is 0.497 e. The molecule has 0 unspecified atom stereocenters. The van der Waals surface area contributed by atoms with E-state index in [-0.39, 0.29) is 0 Å². The van der Waals surface area contributed by atoms with Crippen LogP contribution in [-0.2, 0) is 13.1 Å². The van der Waals surface area contributed by atoms with Gasteiger partial charge in [-0.05, 0) is 19.1 Å². The third kappa shape index (κ3) is 4.00. The van der Waals surface area contributed by atoms with Crippen molar-refractivity contribution in [3.05, 3.63) is 59.2 Å². The molecule has 0 aliphatic heterocycles. The Labute approximate surface area is 120 Å². The highest BCUT2D eigenvalue weighted by Crippen LogP contribution is 2.21. The molecule has 0 spiro atoms. The fraction of sp³-hybridized carbons (Fsp3) is 0.294. The lowest BCUT2D eigenvalue weighted by Crippen LogP contribution is -2.80. The molecule has 0 saturated heterocycles. The second-order valence-corrected chi connectivity index (χ2v) is 4.91. The van der Waals surface area contributed by atoms with Crippen molar-refractivity contribution in [1.29, 1.82) is 0 Å². The van der Waals surface area contributed by atoms with Crippen LogP contribution < -0.4 is 14.8 Å². The zero-order valence-corrected chi connectivity index (χ0v) is 12.3. The number of rotatable bonds is 6. The molecule has 106 valence electrons. The minimum atomic E-state index is 0.836. The van der Waals surface area contributed by atoms with E-state index in [1.54, 1.807) is 14.2 Å². The second-order valence-electron chi connectivity index (χ2n) is 4.91. The van der Waals surface area contributed by atoms with Crippen molar-refractivity contribution >= 4 is 0 Å². The van der Waals surface area contributed by atoms with Gasteiger partial charge in [-0.2, -0.15) is 0 Å². The molecule has 2 aromatic carbocycles. The Kier molecular flexibility index (Phi) is 5.02. The normalized spacial score (nSPS) is 10.3. The molecule has 0 bridgehead atoms. The summed E-state index contributed by atoms with van der Waals surface area (Å²) in [5, 5.41) is 2.28. The fourth-order valence-corrected chi connectivity index (χ4v) is 2.23. The van der Waals surface area contributed by atoms with Gasteiger partial charge in [0.05, 0.1) is 14.2 Å². The molecule has 0 amide bonds. The number of aryl methyl sites for hydroxylation is 1. The smallest absolute Gasteiger partial charge is 0.123 e. The van der Waals surface area contributed by atoms with E-state index in [1.807, 2.05) is 6.07 Å². The van der Waals surface area contributed by atoms with Crippen molar-refractivity contribution in [2.75, 3.05) is 14.2 Å². The van der Waals surface area contributed by atoms with Gasteiger partial charge in [0, 0.05) is 17.2 Å². The Hall–Kier alpha value is -2.00. The minimum absolute atomic E-state index is 0.836. The van der Waals surface area contributed by atoms with Crippen molar-refractivity contribution in [3.8, 4) is 11.5 Å². The van der Waals surface area contributed by atoms with Gasteiger partial charge in [-0.15, -0.1) is 0 Å². The number of ether oxygens (including phenoxy) is 2. The van der Waals surface area contributed by atoms with Crippen LogP contribution in [0.25, 0.3) is 0 Å². The maximum atomic E-state index is 5.28. The number of hydrogen-bond donors (Lipinski definition) is 1. The summed E-state index contributed by atoms with van der Waals surface area (Å²) in [6.45, 7) is 4.00. The molecular weight excluding hydrogens is 250 g/mol. The second kappa shape index (κ2) is 6.96. The molecule has 2 rings (SSSR count). The maximum absolute atomic E-state index is 5.28. The number of hydrogen-bond acceptors (Lipinski definition) is 2.